The second-order valence-corrected chi connectivity index (χ2v) is 4.59. The van der Waals surface area contributed by atoms with E-state index in [9.17, 15) is 4.79 Å². The van der Waals surface area contributed by atoms with Crippen LogP contribution in [0.4, 0.5) is 5.69 Å². The van der Waals surface area contributed by atoms with E-state index >= 15 is 0 Å². The first-order chi connectivity index (χ1) is 9.67. The normalized spacial score (nSPS) is 10.1. The number of ether oxygens (including phenoxy) is 1. The van der Waals surface area contributed by atoms with Gasteiger partial charge < -0.3 is 15.2 Å². The highest BCUT2D eigenvalue weighted by atomic mass is 35.5. The average molecular weight is 292 g/mol. The monoisotopic (exact) mass is 291 g/mol. The summed E-state index contributed by atoms with van der Waals surface area (Å²) in [7, 11) is 0. The van der Waals surface area contributed by atoms with Crippen molar-refractivity contribution in [2.24, 2.45) is 0 Å². The number of hydrogen-bond donors (Lipinski definition) is 2. The molecule has 104 valence electrons. The van der Waals surface area contributed by atoms with Crippen molar-refractivity contribution in [2.45, 2.75) is 6.61 Å². The number of nitrogens with one attached hydrogen (secondary N) is 1. The Kier molecular flexibility index (Phi) is 4.98. The van der Waals surface area contributed by atoms with E-state index in [0.29, 0.717) is 16.5 Å². The van der Waals surface area contributed by atoms with Crippen LogP contribution in [0.1, 0.15) is 5.56 Å². The van der Waals surface area contributed by atoms with Crippen molar-refractivity contribution in [3.63, 3.8) is 0 Å². The fourth-order valence-electron chi connectivity index (χ4n) is 1.60. The van der Waals surface area contributed by atoms with Crippen LogP contribution in [0, 0.1) is 0 Å². The summed E-state index contributed by atoms with van der Waals surface area (Å²) in [6, 6.07) is 13.8. The number of hydrogen-bond acceptors (Lipinski definition) is 3. The number of carbonyl (C=O) groups is 1. The van der Waals surface area contributed by atoms with E-state index in [1.807, 2.05) is 0 Å². The molecular formula is C15H14ClNO3. The van der Waals surface area contributed by atoms with E-state index in [1.165, 1.54) is 0 Å². The third-order valence-corrected chi connectivity index (χ3v) is 2.82. The molecule has 5 heteroatoms. The van der Waals surface area contributed by atoms with Crippen LogP contribution < -0.4 is 10.1 Å². The molecule has 0 aliphatic carbocycles. The Balaban J connectivity index is 1.85. The minimum absolute atomic E-state index is 0.0217. The molecule has 0 bridgehead atoms. The van der Waals surface area contributed by atoms with Crippen molar-refractivity contribution >= 4 is 23.2 Å². The Bertz CT molecular complexity index is 584. The van der Waals surface area contributed by atoms with E-state index in [1.54, 1.807) is 48.5 Å². The zero-order valence-corrected chi connectivity index (χ0v) is 11.4. The fraction of sp³-hybridized carbons (Fsp3) is 0.133. The molecule has 0 saturated carbocycles. The molecule has 4 nitrogen and oxygen atoms in total. The third-order valence-electron chi connectivity index (χ3n) is 2.59. The molecule has 0 heterocycles. The molecule has 2 N–H and O–H groups in total. The molecule has 0 aromatic heterocycles. The highest BCUT2D eigenvalue weighted by Gasteiger charge is 2.04. The average Bonchev–Trinajstić information content (AvgIpc) is 2.46. The minimum Gasteiger partial charge on any atom is -0.484 e. The standard InChI is InChI=1S/C15H14ClNO3/c16-12-2-1-3-14(8-12)20-10-15(19)17-13-6-4-11(9-18)5-7-13/h1-8,18H,9-10H2,(H,17,19). The quantitative estimate of drug-likeness (QED) is 0.890. The topological polar surface area (TPSA) is 58.6 Å². The number of carbonyl (C=O) groups excluding carboxylic acids is 1. The predicted octanol–water partition coefficient (Wildman–Crippen LogP) is 2.85. The van der Waals surface area contributed by atoms with Crippen molar-refractivity contribution in [1.82, 2.24) is 0 Å². The lowest BCUT2D eigenvalue weighted by Crippen LogP contribution is -2.20. The number of benzene rings is 2. The molecule has 20 heavy (non-hydrogen) atoms. The number of anilines is 1. The van der Waals surface area contributed by atoms with Crippen molar-refractivity contribution in [2.75, 3.05) is 11.9 Å². The summed E-state index contributed by atoms with van der Waals surface area (Å²) in [5.74, 6) is 0.282. The van der Waals surface area contributed by atoms with Crippen molar-refractivity contribution < 1.29 is 14.6 Å². The van der Waals surface area contributed by atoms with E-state index in [4.69, 9.17) is 21.4 Å². The SMILES string of the molecule is O=C(COc1cccc(Cl)c1)Nc1ccc(CO)cc1. The lowest BCUT2D eigenvalue weighted by Gasteiger charge is -2.08. The number of aliphatic hydroxyl groups is 1. The molecule has 0 spiro atoms. The summed E-state index contributed by atoms with van der Waals surface area (Å²) in [5.41, 5.74) is 1.44. The smallest absolute Gasteiger partial charge is 0.262 e. The summed E-state index contributed by atoms with van der Waals surface area (Å²) in [6.45, 7) is -0.117. The molecule has 0 saturated heterocycles. The van der Waals surface area contributed by atoms with Gasteiger partial charge in [-0.05, 0) is 35.9 Å². The fourth-order valence-corrected chi connectivity index (χ4v) is 1.78. The van der Waals surface area contributed by atoms with Crippen molar-refractivity contribution in [3.8, 4) is 5.75 Å². The summed E-state index contributed by atoms with van der Waals surface area (Å²) in [4.78, 5) is 11.7. The second kappa shape index (κ2) is 6.93. The summed E-state index contributed by atoms with van der Waals surface area (Å²) < 4.78 is 5.33. The zero-order valence-electron chi connectivity index (χ0n) is 10.7. The van der Waals surface area contributed by atoms with Gasteiger partial charge >= 0.3 is 0 Å². The largest absolute Gasteiger partial charge is 0.484 e. The maximum Gasteiger partial charge on any atom is 0.262 e. The molecule has 0 radical (unpaired) electrons. The lowest BCUT2D eigenvalue weighted by atomic mass is 10.2. The predicted molar refractivity (Wildman–Crippen MR) is 77.9 cm³/mol. The maximum atomic E-state index is 11.7. The van der Waals surface area contributed by atoms with Crippen LogP contribution >= 0.6 is 11.6 Å². The first-order valence-electron chi connectivity index (χ1n) is 6.05. The van der Waals surface area contributed by atoms with Crippen LogP contribution in [0.15, 0.2) is 48.5 Å². The van der Waals surface area contributed by atoms with Crippen LogP contribution in [0.25, 0.3) is 0 Å². The van der Waals surface area contributed by atoms with Gasteiger partial charge in [0.15, 0.2) is 6.61 Å². The molecule has 2 rings (SSSR count). The van der Waals surface area contributed by atoms with Crippen LogP contribution in [0.2, 0.25) is 5.02 Å². The van der Waals surface area contributed by atoms with Crippen LogP contribution in [-0.4, -0.2) is 17.6 Å². The van der Waals surface area contributed by atoms with Gasteiger partial charge in [0, 0.05) is 10.7 Å². The molecule has 1 amide bonds. The number of amides is 1. The highest BCUT2D eigenvalue weighted by Crippen LogP contribution is 2.17. The minimum atomic E-state index is -0.262. The Morgan fingerprint density at radius 3 is 2.60 bits per heavy atom. The van der Waals surface area contributed by atoms with Gasteiger partial charge in [-0.15, -0.1) is 0 Å². The van der Waals surface area contributed by atoms with Crippen molar-refractivity contribution in [1.29, 1.82) is 0 Å². The van der Waals surface area contributed by atoms with E-state index < -0.39 is 0 Å². The van der Waals surface area contributed by atoms with Gasteiger partial charge in [0.05, 0.1) is 6.61 Å². The van der Waals surface area contributed by atoms with E-state index in [0.717, 1.165) is 5.56 Å². The van der Waals surface area contributed by atoms with E-state index in [-0.39, 0.29) is 19.1 Å². The van der Waals surface area contributed by atoms with Crippen LogP contribution in [-0.2, 0) is 11.4 Å². The summed E-state index contributed by atoms with van der Waals surface area (Å²) >= 11 is 5.82. The highest BCUT2D eigenvalue weighted by molar-refractivity contribution is 6.30. The molecular weight excluding hydrogens is 278 g/mol. The molecule has 0 aliphatic rings. The number of halogens is 1. The van der Waals surface area contributed by atoms with Gasteiger partial charge in [-0.25, -0.2) is 0 Å². The van der Waals surface area contributed by atoms with Gasteiger partial charge in [-0.1, -0.05) is 29.8 Å². The Morgan fingerprint density at radius 2 is 1.95 bits per heavy atom. The molecule has 2 aromatic rings. The van der Waals surface area contributed by atoms with Gasteiger partial charge in [-0.2, -0.15) is 0 Å². The first kappa shape index (κ1) is 14.4. The third kappa shape index (κ3) is 4.26. The summed E-state index contributed by atoms with van der Waals surface area (Å²) in [6.07, 6.45) is 0. The maximum absolute atomic E-state index is 11.7. The van der Waals surface area contributed by atoms with Gasteiger partial charge in [-0.3, -0.25) is 4.79 Å². The Morgan fingerprint density at radius 1 is 1.20 bits per heavy atom. The lowest BCUT2D eigenvalue weighted by molar-refractivity contribution is -0.118. The molecule has 0 aliphatic heterocycles. The molecule has 0 atom stereocenters. The molecule has 0 fully saturated rings. The number of aliphatic hydroxyl groups excluding tert-OH is 1. The van der Waals surface area contributed by atoms with Crippen molar-refractivity contribution in [3.05, 3.63) is 59.1 Å². The van der Waals surface area contributed by atoms with Gasteiger partial charge in [0.1, 0.15) is 5.75 Å². The Labute approximate surface area is 122 Å². The van der Waals surface area contributed by atoms with Gasteiger partial charge in [0.25, 0.3) is 5.91 Å². The van der Waals surface area contributed by atoms with Crippen LogP contribution in [0.3, 0.4) is 0 Å². The molecule has 2 aromatic carbocycles. The Hall–Kier alpha value is -2.04. The summed E-state index contributed by atoms with van der Waals surface area (Å²) in [5, 5.41) is 12.2. The first-order valence-corrected chi connectivity index (χ1v) is 6.43. The number of rotatable bonds is 5. The van der Waals surface area contributed by atoms with Gasteiger partial charge in [0.2, 0.25) is 0 Å². The van der Waals surface area contributed by atoms with Crippen LogP contribution in [0.5, 0.6) is 5.75 Å². The zero-order chi connectivity index (χ0) is 14.4. The second-order valence-electron chi connectivity index (χ2n) is 4.15. The molecule has 0 unspecified atom stereocenters. The van der Waals surface area contributed by atoms with E-state index in [2.05, 4.69) is 5.32 Å².